The molecule has 0 radical (unpaired) electrons. The van der Waals surface area contributed by atoms with Gasteiger partial charge in [-0.05, 0) is 12.0 Å². The van der Waals surface area contributed by atoms with E-state index in [4.69, 9.17) is 5.73 Å². The third kappa shape index (κ3) is 9.84. The third-order valence-corrected chi connectivity index (χ3v) is 3.26. The zero-order valence-electron chi connectivity index (χ0n) is 11.0. The van der Waals surface area contributed by atoms with E-state index in [9.17, 15) is 0 Å². The first-order chi connectivity index (χ1) is 8.83. The Morgan fingerprint density at radius 3 is 2.79 bits per heavy atom. The van der Waals surface area contributed by atoms with Crippen molar-refractivity contribution in [1.29, 1.82) is 0 Å². The lowest BCUT2D eigenvalue weighted by molar-refractivity contribution is 0.852. The fourth-order valence-electron chi connectivity index (χ4n) is 1.43. The van der Waals surface area contributed by atoms with Gasteiger partial charge in [-0.3, -0.25) is 4.99 Å². The van der Waals surface area contributed by atoms with Crippen LogP contribution in [0.1, 0.15) is 5.56 Å². The van der Waals surface area contributed by atoms with E-state index in [0.29, 0.717) is 5.96 Å². The minimum absolute atomic E-state index is 0. The summed E-state index contributed by atoms with van der Waals surface area (Å²) in [5, 5.41) is 3.12. The predicted octanol–water partition coefficient (Wildman–Crippen LogP) is 2.67. The van der Waals surface area contributed by atoms with Gasteiger partial charge in [0.15, 0.2) is 5.96 Å². The number of nitrogens with zero attached hydrogens (tertiary/aromatic N) is 1. The summed E-state index contributed by atoms with van der Waals surface area (Å²) in [7, 11) is 0. The van der Waals surface area contributed by atoms with Gasteiger partial charge >= 0.3 is 0 Å². The topological polar surface area (TPSA) is 50.4 Å². The van der Waals surface area contributed by atoms with Crippen molar-refractivity contribution < 1.29 is 0 Å². The third-order valence-electron chi connectivity index (χ3n) is 2.32. The number of halogens is 1. The number of rotatable bonds is 8. The Morgan fingerprint density at radius 1 is 1.37 bits per heavy atom. The number of nitrogens with one attached hydrogen (secondary N) is 1. The van der Waals surface area contributed by atoms with Crippen LogP contribution in [0.25, 0.3) is 0 Å². The molecule has 1 aromatic rings. The van der Waals surface area contributed by atoms with Crippen molar-refractivity contribution in [2.75, 3.05) is 24.6 Å². The first kappa shape index (κ1) is 18.3. The van der Waals surface area contributed by atoms with Crippen LogP contribution < -0.4 is 11.1 Å². The second-order valence-electron chi connectivity index (χ2n) is 3.79. The minimum Gasteiger partial charge on any atom is -0.370 e. The lowest BCUT2D eigenvalue weighted by atomic mass is 10.1. The average Bonchev–Trinajstić information content (AvgIpc) is 2.40. The van der Waals surface area contributed by atoms with Gasteiger partial charge in [-0.15, -0.1) is 30.6 Å². The molecule has 1 aromatic carbocycles. The zero-order chi connectivity index (χ0) is 13.1. The van der Waals surface area contributed by atoms with Crippen molar-refractivity contribution in [2.45, 2.75) is 6.42 Å². The highest BCUT2D eigenvalue weighted by molar-refractivity contribution is 14.0. The maximum atomic E-state index is 5.76. The fraction of sp³-hybridized carbons (Fsp3) is 0.357. The molecule has 19 heavy (non-hydrogen) atoms. The maximum Gasteiger partial charge on any atom is 0.188 e. The minimum atomic E-state index is 0. The summed E-state index contributed by atoms with van der Waals surface area (Å²) >= 11 is 1.81. The van der Waals surface area contributed by atoms with E-state index in [-0.39, 0.29) is 24.0 Å². The molecule has 0 aliphatic carbocycles. The summed E-state index contributed by atoms with van der Waals surface area (Å²) in [5.41, 5.74) is 7.07. The second-order valence-corrected chi connectivity index (χ2v) is 4.94. The van der Waals surface area contributed by atoms with Crippen LogP contribution in [0.5, 0.6) is 0 Å². The molecular weight excluding hydrogens is 369 g/mol. The highest BCUT2D eigenvalue weighted by atomic mass is 127. The molecule has 0 fully saturated rings. The molecule has 0 saturated heterocycles. The second kappa shape index (κ2) is 12.3. The number of guanidine groups is 1. The van der Waals surface area contributed by atoms with Crippen molar-refractivity contribution in [3.05, 3.63) is 48.6 Å². The van der Waals surface area contributed by atoms with E-state index in [1.807, 2.05) is 36.0 Å². The zero-order valence-corrected chi connectivity index (χ0v) is 14.2. The largest absolute Gasteiger partial charge is 0.370 e. The Hall–Kier alpha value is -0.690. The molecule has 0 spiro atoms. The van der Waals surface area contributed by atoms with Gasteiger partial charge in [0.05, 0.1) is 6.54 Å². The predicted molar refractivity (Wildman–Crippen MR) is 97.6 cm³/mol. The van der Waals surface area contributed by atoms with Crippen molar-refractivity contribution in [2.24, 2.45) is 10.7 Å². The summed E-state index contributed by atoms with van der Waals surface area (Å²) < 4.78 is 0. The summed E-state index contributed by atoms with van der Waals surface area (Å²) in [6, 6.07) is 10.3. The Bertz CT molecular complexity index is 368. The summed E-state index contributed by atoms with van der Waals surface area (Å²) in [6.07, 6.45) is 2.86. The number of thioether (sulfide) groups is 1. The van der Waals surface area contributed by atoms with E-state index in [1.165, 1.54) is 5.56 Å². The van der Waals surface area contributed by atoms with Crippen molar-refractivity contribution in [3.8, 4) is 0 Å². The number of hydrogen-bond acceptors (Lipinski definition) is 2. The lowest BCUT2D eigenvalue weighted by Crippen LogP contribution is -2.33. The number of benzene rings is 1. The highest BCUT2D eigenvalue weighted by Crippen LogP contribution is 1.99. The van der Waals surface area contributed by atoms with Crippen LogP contribution in [-0.2, 0) is 6.42 Å². The monoisotopic (exact) mass is 391 g/mol. The fourth-order valence-corrected chi connectivity index (χ4v) is 1.99. The molecule has 0 atom stereocenters. The molecule has 0 heterocycles. The van der Waals surface area contributed by atoms with Crippen LogP contribution in [-0.4, -0.2) is 30.6 Å². The summed E-state index contributed by atoms with van der Waals surface area (Å²) in [6.45, 7) is 5.24. The molecule has 1 rings (SSSR count). The van der Waals surface area contributed by atoms with Gasteiger partial charge in [0.1, 0.15) is 0 Å². The summed E-state index contributed by atoms with van der Waals surface area (Å²) in [4.78, 5) is 4.26. The van der Waals surface area contributed by atoms with Crippen LogP contribution in [0.2, 0.25) is 0 Å². The highest BCUT2D eigenvalue weighted by Gasteiger charge is 1.93. The van der Waals surface area contributed by atoms with Gasteiger partial charge in [-0.1, -0.05) is 36.4 Å². The normalized spacial score (nSPS) is 10.6. The molecule has 0 aliphatic heterocycles. The molecule has 0 saturated carbocycles. The molecule has 0 bridgehead atoms. The van der Waals surface area contributed by atoms with Gasteiger partial charge < -0.3 is 11.1 Å². The van der Waals surface area contributed by atoms with Gasteiger partial charge in [0.2, 0.25) is 0 Å². The maximum absolute atomic E-state index is 5.76. The average molecular weight is 391 g/mol. The van der Waals surface area contributed by atoms with Gasteiger partial charge in [0, 0.05) is 18.1 Å². The number of hydrogen-bond donors (Lipinski definition) is 2. The van der Waals surface area contributed by atoms with E-state index < -0.39 is 0 Å². The van der Waals surface area contributed by atoms with Crippen molar-refractivity contribution in [1.82, 2.24) is 5.32 Å². The molecule has 3 N–H and O–H groups in total. The van der Waals surface area contributed by atoms with Gasteiger partial charge in [-0.2, -0.15) is 11.8 Å². The van der Waals surface area contributed by atoms with Crippen molar-refractivity contribution >= 4 is 41.7 Å². The van der Waals surface area contributed by atoms with E-state index in [0.717, 1.165) is 31.0 Å². The van der Waals surface area contributed by atoms with Crippen molar-refractivity contribution in [3.63, 3.8) is 0 Å². The molecule has 3 nitrogen and oxygen atoms in total. The van der Waals surface area contributed by atoms with Crippen LogP contribution in [0.15, 0.2) is 48.0 Å². The quantitative estimate of drug-likeness (QED) is 0.236. The van der Waals surface area contributed by atoms with Gasteiger partial charge in [0.25, 0.3) is 0 Å². The van der Waals surface area contributed by atoms with Crippen LogP contribution in [0, 0.1) is 0 Å². The van der Waals surface area contributed by atoms with Crippen LogP contribution >= 0.6 is 35.7 Å². The number of nitrogens with two attached hydrogens (primary N) is 1. The Kier molecular flexibility index (Phi) is 11.9. The molecule has 0 amide bonds. The molecule has 0 unspecified atom stereocenters. The molecule has 5 heteroatoms. The molecule has 106 valence electrons. The van der Waals surface area contributed by atoms with Crippen LogP contribution in [0.3, 0.4) is 0 Å². The lowest BCUT2D eigenvalue weighted by Gasteiger charge is -2.05. The van der Waals surface area contributed by atoms with Gasteiger partial charge in [-0.25, -0.2) is 0 Å². The smallest absolute Gasteiger partial charge is 0.188 e. The first-order valence-electron chi connectivity index (χ1n) is 6.09. The van der Waals surface area contributed by atoms with Crippen LogP contribution in [0.4, 0.5) is 0 Å². The Morgan fingerprint density at radius 2 is 2.11 bits per heavy atom. The number of aliphatic imine (C=N–C) groups is 1. The Balaban J connectivity index is 0.00000324. The first-order valence-corrected chi connectivity index (χ1v) is 7.24. The molecule has 0 aromatic heterocycles. The van der Waals surface area contributed by atoms with E-state index in [2.05, 4.69) is 29.0 Å². The Labute approximate surface area is 137 Å². The van der Waals surface area contributed by atoms with E-state index >= 15 is 0 Å². The SMILES string of the molecule is C=CCSCCN=C(N)NCCc1ccccc1.I. The molecular formula is C14H22IN3S. The summed E-state index contributed by atoms with van der Waals surface area (Å²) in [5.74, 6) is 2.48. The van der Waals surface area contributed by atoms with E-state index in [1.54, 1.807) is 0 Å². The molecule has 0 aliphatic rings. The standard InChI is InChI=1S/C14H21N3S.HI/c1-2-11-18-12-10-17-14(15)16-9-8-13-6-4-3-5-7-13;/h2-7H,1,8-12H2,(H3,15,16,17);1H.